The zero-order valence-corrected chi connectivity index (χ0v) is 14.8. The highest BCUT2D eigenvalue weighted by atomic mass is 16.5. The Hall–Kier alpha value is -1.31. The molecule has 2 fully saturated rings. The molecule has 124 valence electrons. The van der Waals surface area contributed by atoms with Gasteiger partial charge in [0.05, 0.1) is 7.11 Å². The van der Waals surface area contributed by atoms with E-state index in [2.05, 4.69) is 39.0 Å². The number of methoxy groups -OCH3 is 1. The molecule has 0 aliphatic heterocycles. The van der Waals surface area contributed by atoms with Crippen molar-refractivity contribution in [1.29, 1.82) is 0 Å². The lowest BCUT2D eigenvalue weighted by Gasteiger charge is -2.53. The van der Waals surface area contributed by atoms with E-state index in [9.17, 15) is 4.79 Å². The van der Waals surface area contributed by atoms with Gasteiger partial charge in [-0.2, -0.15) is 0 Å². The molecule has 0 bridgehead atoms. The van der Waals surface area contributed by atoms with Gasteiger partial charge in [-0.3, -0.25) is 4.79 Å². The summed E-state index contributed by atoms with van der Waals surface area (Å²) in [6.07, 6.45) is 4.11. The smallest absolute Gasteiger partial charge is 0.139 e. The third-order valence-electron chi connectivity index (χ3n) is 7.28. The minimum atomic E-state index is -0.0567. The van der Waals surface area contributed by atoms with Gasteiger partial charge in [0, 0.05) is 11.8 Å². The lowest BCUT2D eigenvalue weighted by molar-refractivity contribution is -0.131. The largest absolute Gasteiger partial charge is 0.497 e. The predicted molar refractivity (Wildman–Crippen MR) is 91.7 cm³/mol. The van der Waals surface area contributed by atoms with E-state index in [1.165, 1.54) is 11.1 Å². The predicted octanol–water partition coefficient (Wildman–Crippen LogP) is 4.61. The van der Waals surface area contributed by atoms with Gasteiger partial charge in [-0.1, -0.05) is 26.8 Å². The Bertz CT molecular complexity index is 649. The molecule has 0 saturated heterocycles. The molecule has 1 aromatic rings. The van der Waals surface area contributed by atoms with Crippen LogP contribution in [0, 0.1) is 29.1 Å². The molecular weight excluding hydrogens is 284 g/mol. The third-order valence-corrected chi connectivity index (χ3v) is 7.28. The molecular formula is C21H28O2. The number of Topliss-reactive ketones (excluding diaryl/α,β-unsaturated/α-hetero) is 1. The van der Waals surface area contributed by atoms with E-state index in [-0.39, 0.29) is 5.41 Å². The molecule has 0 aromatic heterocycles. The van der Waals surface area contributed by atoms with Crippen LogP contribution >= 0.6 is 0 Å². The van der Waals surface area contributed by atoms with E-state index in [0.717, 1.165) is 31.4 Å². The van der Waals surface area contributed by atoms with Crippen molar-refractivity contribution < 1.29 is 9.53 Å². The standard InChI is InChI=1S/C21H28O2/c1-12-9-14-10-15(23-4)5-6-16(14)19-13(2)11-21(3)17(20(12)19)7-8-18(21)22/h5-6,10,12-13,17,19-20H,7-9,11H2,1-4H3/t12-,13+,17?,19?,20?,21?/m1/s1. The first-order chi connectivity index (χ1) is 11.0. The zero-order chi connectivity index (χ0) is 16.4. The average molecular weight is 312 g/mol. The molecule has 0 radical (unpaired) electrons. The molecule has 0 spiro atoms. The Morgan fingerprint density at radius 3 is 2.74 bits per heavy atom. The topological polar surface area (TPSA) is 26.3 Å². The van der Waals surface area contributed by atoms with E-state index >= 15 is 0 Å². The maximum absolute atomic E-state index is 12.6. The molecule has 2 saturated carbocycles. The van der Waals surface area contributed by atoms with E-state index in [1.54, 1.807) is 7.11 Å². The van der Waals surface area contributed by atoms with Crippen molar-refractivity contribution in [3.8, 4) is 5.75 Å². The Morgan fingerprint density at radius 2 is 2.00 bits per heavy atom. The number of rotatable bonds is 1. The van der Waals surface area contributed by atoms with Crippen molar-refractivity contribution in [2.45, 2.75) is 52.4 Å². The lowest BCUT2D eigenvalue weighted by atomic mass is 9.50. The van der Waals surface area contributed by atoms with Gasteiger partial charge in [-0.25, -0.2) is 0 Å². The summed E-state index contributed by atoms with van der Waals surface area (Å²) >= 11 is 0. The molecule has 1 aromatic carbocycles. The average Bonchev–Trinajstić information content (AvgIpc) is 2.81. The Morgan fingerprint density at radius 1 is 1.22 bits per heavy atom. The molecule has 6 atom stereocenters. The van der Waals surface area contributed by atoms with Gasteiger partial charge in [-0.05, 0) is 72.1 Å². The summed E-state index contributed by atoms with van der Waals surface area (Å²) in [5, 5.41) is 0. The molecule has 2 nitrogen and oxygen atoms in total. The van der Waals surface area contributed by atoms with Gasteiger partial charge >= 0.3 is 0 Å². The molecule has 0 heterocycles. The van der Waals surface area contributed by atoms with E-state index in [0.29, 0.717) is 35.4 Å². The maximum Gasteiger partial charge on any atom is 0.139 e. The number of ether oxygens (including phenoxy) is 1. The summed E-state index contributed by atoms with van der Waals surface area (Å²) in [5.41, 5.74) is 2.94. The summed E-state index contributed by atoms with van der Waals surface area (Å²) in [4.78, 5) is 12.6. The fourth-order valence-corrected chi connectivity index (χ4v) is 6.36. The van der Waals surface area contributed by atoms with E-state index < -0.39 is 0 Å². The molecule has 4 unspecified atom stereocenters. The number of benzene rings is 1. The van der Waals surface area contributed by atoms with Gasteiger partial charge in [0.1, 0.15) is 11.5 Å². The van der Waals surface area contributed by atoms with Gasteiger partial charge in [0.2, 0.25) is 0 Å². The zero-order valence-electron chi connectivity index (χ0n) is 14.8. The lowest BCUT2D eigenvalue weighted by Crippen LogP contribution is -2.48. The van der Waals surface area contributed by atoms with Crippen LogP contribution in [0.2, 0.25) is 0 Å². The highest BCUT2D eigenvalue weighted by molar-refractivity contribution is 5.87. The first-order valence-electron chi connectivity index (χ1n) is 9.16. The first kappa shape index (κ1) is 15.2. The van der Waals surface area contributed by atoms with E-state index in [4.69, 9.17) is 4.74 Å². The van der Waals surface area contributed by atoms with Crippen molar-refractivity contribution in [3.63, 3.8) is 0 Å². The minimum absolute atomic E-state index is 0.0567. The SMILES string of the molecule is COc1ccc2c(c1)C[C@@H](C)C1C2[C@@H](C)CC2(C)C(=O)CCC12. The summed E-state index contributed by atoms with van der Waals surface area (Å²) in [6, 6.07) is 6.65. The number of ketones is 1. The Labute approximate surface area is 139 Å². The molecule has 0 N–H and O–H groups in total. The highest BCUT2D eigenvalue weighted by Crippen LogP contribution is 2.62. The molecule has 23 heavy (non-hydrogen) atoms. The Kier molecular flexibility index (Phi) is 3.37. The highest BCUT2D eigenvalue weighted by Gasteiger charge is 2.58. The maximum atomic E-state index is 12.6. The quantitative estimate of drug-likeness (QED) is 0.757. The van der Waals surface area contributed by atoms with Crippen molar-refractivity contribution in [2.24, 2.45) is 29.1 Å². The summed E-state index contributed by atoms with van der Waals surface area (Å²) in [7, 11) is 1.75. The van der Waals surface area contributed by atoms with Crippen molar-refractivity contribution in [2.75, 3.05) is 7.11 Å². The Balaban J connectivity index is 1.80. The first-order valence-corrected chi connectivity index (χ1v) is 9.16. The summed E-state index contributed by atoms with van der Waals surface area (Å²) in [5.74, 6) is 4.59. The van der Waals surface area contributed by atoms with Crippen LogP contribution in [0.15, 0.2) is 18.2 Å². The number of hydrogen-bond acceptors (Lipinski definition) is 2. The second-order valence-corrected chi connectivity index (χ2v) is 8.52. The number of fused-ring (bicyclic) bond motifs is 5. The van der Waals surface area contributed by atoms with Gasteiger partial charge in [0.15, 0.2) is 0 Å². The molecule has 4 rings (SSSR count). The number of hydrogen-bond donors (Lipinski definition) is 0. The van der Waals surface area contributed by atoms with Crippen LogP contribution in [0.5, 0.6) is 5.75 Å². The van der Waals surface area contributed by atoms with Gasteiger partial charge < -0.3 is 4.74 Å². The summed E-state index contributed by atoms with van der Waals surface area (Å²) < 4.78 is 5.43. The summed E-state index contributed by atoms with van der Waals surface area (Å²) in [6.45, 7) is 7.04. The van der Waals surface area contributed by atoms with Gasteiger partial charge in [0.25, 0.3) is 0 Å². The van der Waals surface area contributed by atoms with Crippen LogP contribution in [0.25, 0.3) is 0 Å². The van der Waals surface area contributed by atoms with Crippen LogP contribution < -0.4 is 4.74 Å². The minimum Gasteiger partial charge on any atom is -0.497 e. The van der Waals surface area contributed by atoms with Crippen molar-refractivity contribution >= 4 is 5.78 Å². The molecule has 0 amide bonds. The normalized spacial score (nSPS) is 41.9. The fraction of sp³-hybridized carbons (Fsp3) is 0.667. The van der Waals surface area contributed by atoms with Crippen molar-refractivity contribution in [3.05, 3.63) is 29.3 Å². The van der Waals surface area contributed by atoms with Crippen molar-refractivity contribution in [1.82, 2.24) is 0 Å². The van der Waals surface area contributed by atoms with Crippen LogP contribution in [0.4, 0.5) is 0 Å². The monoisotopic (exact) mass is 312 g/mol. The van der Waals surface area contributed by atoms with E-state index in [1.807, 2.05) is 0 Å². The van der Waals surface area contributed by atoms with Crippen LogP contribution in [-0.2, 0) is 11.2 Å². The number of carbonyl (C=O) groups excluding carboxylic acids is 1. The second-order valence-electron chi connectivity index (χ2n) is 8.52. The van der Waals surface area contributed by atoms with Crippen LogP contribution in [0.1, 0.15) is 57.1 Å². The fourth-order valence-electron chi connectivity index (χ4n) is 6.36. The van der Waals surface area contributed by atoms with Gasteiger partial charge in [-0.15, -0.1) is 0 Å². The third kappa shape index (κ3) is 2.03. The second kappa shape index (κ2) is 5.09. The molecule has 2 heteroatoms. The van der Waals surface area contributed by atoms with Crippen LogP contribution in [-0.4, -0.2) is 12.9 Å². The number of carbonyl (C=O) groups is 1. The molecule has 3 aliphatic rings. The molecule has 3 aliphatic carbocycles. The van der Waals surface area contributed by atoms with Crippen LogP contribution in [0.3, 0.4) is 0 Å².